The smallest absolute Gasteiger partial charge is 0.216 e. The number of hydrogen-bond donors (Lipinski definition) is 0. The van der Waals surface area contributed by atoms with E-state index in [4.69, 9.17) is 4.74 Å². The molecular formula is C19H17NO. The second-order valence-electron chi connectivity index (χ2n) is 4.92. The van der Waals surface area contributed by atoms with E-state index >= 15 is 0 Å². The maximum atomic E-state index is 5.40. The van der Waals surface area contributed by atoms with E-state index in [0.29, 0.717) is 5.88 Å². The topological polar surface area (TPSA) is 22.1 Å². The Morgan fingerprint density at radius 2 is 1.52 bits per heavy atom. The van der Waals surface area contributed by atoms with Crippen LogP contribution in [0, 0.1) is 0 Å². The van der Waals surface area contributed by atoms with Crippen LogP contribution in [0.25, 0.3) is 11.1 Å². The third-order valence-corrected chi connectivity index (χ3v) is 3.46. The van der Waals surface area contributed by atoms with Crippen molar-refractivity contribution in [3.63, 3.8) is 0 Å². The number of ether oxygens (including phenoxy) is 1. The minimum absolute atomic E-state index is 0.693. The van der Waals surface area contributed by atoms with E-state index in [1.165, 1.54) is 11.1 Å². The summed E-state index contributed by atoms with van der Waals surface area (Å²) >= 11 is 0. The van der Waals surface area contributed by atoms with Gasteiger partial charge in [0.25, 0.3) is 0 Å². The molecule has 0 spiro atoms. The van der Waals surface area contributed by atoms with E-state index in [2.05, 4.69) is 47.4 Å². The summed E-state index contributed by atoms with van der Waals surface area (Å²) in [5, 5.41) is 0. The fourth-order valence-corrected chi connectivity index (χ4v) is 2.41. The Hall–Kier alpha value is -2.61. The Balaban J connectivity index is 1.98. The molecule has 0 aliphatic carbocycles. The summed E-state index contributed by atoms with van der Waals surface area (Å²) in [7, 11) is 1.67. The van der Waals surface area contributed by atoms with Crippen molar-refractivity contribution < 1.29 is 4.74 Å². The molecule has 0 fully saturated rings. The first-order valence-corrected chi connectivity index (χ1v) is 6.99. The van der Waals surface area contributed by atoms with Crippen molar-refractivity contribution >= 4 is 0 Å². The van der Waals surface area contributed by atoms with Gasteiger partial charge in [0.1, 0.15) is 0 Å². The van der Waals surface area contributed by atoms with Crippen molar-refractivity contribution in [2.45, 2.75) is 6.42 Å². The van der Waals surface area contributed by atoms with Gasteiger partial charge in [-0.2, -0.15) is 0 Å². The molecule has 104 valence electrons. The number of rotatable bonds is 4. The Labute approximate surface area is 125 Å². The van der Waals surface area contributed by atoms with Gasteiger partial charge in [0, 0.05) is 23.7 Å². The zero-order valence-corrected chi connectivity index (χ0v) is 12.0. The number of pyridine rings is 1. The molecule has 21 heavy (non-hydrogen) atoms. The van der Waals surface area contributed by atoms with Gasteiger partial charge >= 0.3 is 0 Å². The van der Waals surface area contributed by atoms with Crippen LogP contribution in [-0.2, 0) is 6.42 Å². The lowest BCUT2D eigenvalue weighted by Crippen LogP contribution is -1.97. The fourth-order valence-electron chi connectivity index (χ4n) is 2.41. The van der Waals surface area contributed by atoms with Gasteiger partial charge in [0.2, 0.25) is 5.88 Å². The molecule has 0 unspecified atom stereocenters. The van der Waals surface area contributed by atoms with E-state index < -0.39 is 0 Å². The third-order valence-electron chi connectivity index (χ3n) is 3.46. The lowest BCUT2D eigenvalue weighted by molar-refractivity contribution is 0.393. The average Bonchev–Trinajstić information content (AvgIpc) is 2.56. The highest BCUT2D eigenvalue weighted by Crippen LogP contribution is 2.26. The van der Waals surface area contributed by atoms with E-state index in [1.54, 1.807) is 7.11 Å². The first-order chi connectivity index (χ1) is 10.4. The van der Waals surface area contributed by atoms with Crippen LogP contribution in [0.1, 0.15) is 11.1 Å². The van der Waals surface area contributed by atoms with E-state index in [0.717, 1.165) is 17.5 Å². The number of aromatic nitrogens is 1. The van der Waals surface area contributed by atoms with Gasteiger partial charge in [-0.1, -0.05) is 60.7 Å². The lowest BCUT2D eigenvalue weighted by Gasteiger charge is -2.10. The molecule has 0 radical (unpaired) electrons. The van der Waals surface area contributed by atoms with Gasteiger partial charge in [-0.3, -0.25) is 0 Å². The van der Waals surface area contributed by atoms with Crippen molar-refractivity contribution in [1.29, 1.82) is 0 Å². The molecule has 0 saturated carbocycles. The number of nitrogens with zero attached hydrogens (tertiary/aromatic N) is 1. The van der Waals surface area contributed by atoms with Crippen molar-refractivity contribution in [3.05, 3.63) is 84.1 Å². The second kappa shape index (κ2) is 6.23. The molecule has 1 aromatic heterocycles. The van der Waals surface area contributed by atoms with Crippen LogP contribution in [0.4, 0.5) is 0 Å². The summed E-state index contributed by atoms with van der Waals surface area (Å²) in [6.07, 6.45) is 2.68. The summed E-state index contributed by atoms with van der Waals surface area (Å²) < 4.78 is 5.40. The van der Waals surface area contributed by atoms with Crippen molar-refractivity contribution in [2.24, 2.45) is 0 Å². The molecule has 1 heterocycles. The van der Waals surface area contributed by atoms with E-state index in [-0.39, 0.29) is 0 Å². The predicted octanol–water partition coefficient (Wildman–Crippen LogP) is 4.35. The molecule has 0 N–H and O–H groups in total. The molecule has 2 aromatic carbocycles. The summed E-state index contributed by atoms with van der Waals surface area (Å²) in [6.45, 7) is 0. The third kappa shape index (κ3) is 3.11. The maximum Gasteiger partial charge on any atom is 0.216 e. The summed E-state index contributed by atoms with van der Waals surface area (Å²) in [4.78, 5) is 4.45. The first kappa shape index (κ1) is 13.4. The zero-order chi connectivity index (χ0) is 14.5. The van der Waals surface area contributed by atoms with Crippen LogP contribution >= 0.6 is 0 Å². The van der Waals surface area contributed by atoms with Crippen LogP contribution < -0.4 is 4.74 Å². The largest absolute Gasteiger partial charge is 0.481 e. The minimum Gasteiger partial charge on any atom is -0.481 e. The van der Waals surface area contributed by atoms with Crippen LogP contribution in [-0.4, -0.2) is 12.1 Å². The van der Waals surface area contributed by atoms with Crippen LogP contribution in [0.5, 0.6) is 5.88 Å². The highest BCUT2D eigenvalue weighted by molar-refractivity contribution is 5.64. The monoisotopic (exact) mass is 275 g/mol. The number of hydrogen-bond acceptors (Lipinski definition) is 2. The van der Waals surface area contributed by atoms with Gasteiger partial charge in [-0.15, -0.1) is 0 Å². The predicted molar refractivity (Wildman–Crippen MR) is 85.5 cm³/mol. The minimum atomic E-state index is 0.693. The zero-order valence-electron chi connectivity index (χ0n) is 12.0. The molecule has 3 rings (SSSR count). The van der Waals surface area contributed by atoms with Crippen LogP contribution in [0.3, 0.4) is 0 Å². The van der Waals surface area contributed by atoms with Crippen LogP contribution in [0.2, 0.25) is 0 Å². The molecule has 0 amide bonds. The second-order valence-corrected chi connectivity index (χ2v) is 4.92. The van der Waals surface area contributed by atoms with E-state index in [1.807, 2.05) is 30.5 Å². The quantitative estimate of drug-likeness (QED) is 0.706. The highest BCUT2D eigenvalue weighted by atomic mass is 16.5. The lowest BCUT2D eigenvalue weighted by atomic mass is 10.0. The van der Waals surface area contributed by atoms with Gasteiger partial charge in [0.05, 0.1) is 7.11 Å². The SMILES string of the molecule is COc1ncc(-c2ccccc2)cc1Cc1ccccc1. The van der Waals surface area contributed by atoms with Crippen molar-refractivity contribution in [2.75, 3.05) is 7.11 Å². The molecule has 0 atom stereocenters. The maximum absolute atomic E-state index is 5.40. The molecule has 2 nitrogen and oxygen atoms in total. The molecular weight excluding hydrogens is 258 g/mol. The van der Waals surface area contributed by atoms with Crippen molar-refractivity contribution in [1.82, 2.24) is 4.98 Å². The van der Waals surface area contributed by atoms with Crippen LogP contribution in [0.15, 0.2) is 72.9 Å². The van der Waals surface area contributed by atoms with E-state index in [9.17, 15) is 0 Å². The summed E-state index contributed by atoms with van der Waals surface area (Å²) in [5.74, 6) is 0.693. The Morgan fingerprint density at radius 1 is 0.857 bits per heavy atom. The summed E-state index contributed by atoms with van der Waals surface area (Å²) in [6, 6.07) is 22.8. The number of methoxy groups -OCH3 is 1. The molecule has 2 heteroatoms. The Bertz CT molecular complexity index is 708. The summed E-state index contributed by atoms with van der Waals surface area (Å²) in [5.41, 5.74) is 4.64. The van der Waals surface area contributed by atoms with Gasteiger partial charge in [-0.25, -0.2) is 4.98 Å². The highest BCUT2D eigenvalue weighted by Gasteiger charge is 2.08. The number of benzene rings is 2. The Kier molecular flexibility index (Phi) is 3.97. The molecule has 0 bridgehead atoms. The molecule has 0 saturated heterocycles. The first-order valence-electron chi connectivity index (χ1n) is 6.99. The van der Waals surface area contributed by atoms with Gasteiger partial charge < -0.3 is 4.74 Å². The average molecular weight is 275 g/mol. The Morgan fingerprint density at radius 3 is 2.19 bits per heavy atom. The molecule has 3 aromatic rings. The van der Waals surface area contributed by atoms with Crippen molar-refractivity contribution in [3.8, 4) is 17.0 Å². The molecule has 0 aliphatic heterocycles. The van der Waals surface area contributed by atoms with Gasteiger partial charge in [-0.05, 0) is 17.2 Å². The standard InChI is InChI=1S/C19H17NO/c1-21-19-17(12-15-8-4-2-5-9-15)13-18(14-20-19)16-10-6-3-7-11-16/h2-11,13-14H,12H2,1H3. The normalized spacial score (nSPS) is 10.3. The molecule has 0 aliphatic rings. The fraction of sp³-hybridized carbons (Fsp3) is 0.105. The van der Waals surface area contributed by atoms with Gasteiger partial charge in [0.15, 0.2) is 0 Å².